The molecular formula is C15H24N2O3S. The Kier molecular flexibility index (Phi) is 5.61. The SMILES string of the molecule is COCCCCNS(=O)(=O)c1ccc(C)c2c1CCCN2. The van der Waals surface area contributed by atoms with Crippen molar-refractivity contribution in [2.45, 2.75) is 37.5 Å². The van der Waals surface area contributed by atoms with Gasteiger partial charge in [0.25, 0.3) is 0 Å². The van der Waals surface area contributed by atoms with Gasteiger partial charge < -0.3 is 10.1 Å². The third-order valence-corrected chi connectivity index (χ3v) is 5.29. The van der Waals surface area contributed by atoms with Gasteiger partial charge in [0.15, 0.2) is 0 Å². The van der Waals surface area contributed by atoms with Gasteiger partial charge >= 0.3 is 0 Å². The summed E-state index contributed by atoms with van der Waals surface area (Å²) in [7, 11) is -1.79. The Labute approximate surface area is 127 Å². The van der Waals surface area contributed by atoms with Crippen LogP contribution in [-0.4, -0.2) is 35.2 Å². The maximum Gasteiger partial charge on any atom is 0.240 e. The summed E-state index contributed by atoms with van der Waals surface area (Å²) in [6, 6.07) is 3.59. The number of anilines is 1. The molecule has 1 aromatic carbocycles. The van der Waals surface area contributed by atoms with Crippen LogP contribution in [0.15, 0.2) is 17.0 Å². The highest BCUT2D eigenvalue weighted by Crippen LogP contribution is 2.31. The highest BCUT2D eigenvalue weighted by molar-refractivity contribution is 7.89. The lowest BCUT2D eigenvalue weighted by molar-refractivity contribution is 0.193. The fourth-order valence-electron chi connectivity index (χ4n) is 2.63. The molecule has 0 aliphatic carbocycles. The second-order valence-electron chi connectivity index (χ2n) is 5.36. The number of hydrogen-bond donors (Lipinski definition) is 2. The summed E-state index contributed by atoms with van der Waals surface area (Å²) >= 11 is 0. The van der Waals surface area contributed by atoms with Crippen molar-refractivity contribution in [2.24, 2.45) is 0 Å². The Hall–Kier alpha value is -1.11. The standard InChI is InChI=1S/C15H24N2O3S/c1-12-7-8-14(13-6-5-9-16-15(12)13)21(18,19)17-10-3-4-11-20-2/h7-8,16-17H,3-6,9-11H2,1-2H3. The molecule has 0 spiro atoms. The lowest BCUT2D eigenvalue weighted by atomic mass is 10.00. The van der Waals surface area contributed by atoms with Gasteiger partial charge in [-0.1, -0.05) is 6.07 Å². The zero-order chi connectivity index (χ0) is 15.3. The quantitative estimate of drug-likeness (QED) is 0.756. The van der Waals surface area contributed by atoms with E-state index in [1.54, 1.807) is 13.2 Å². The molecule has 1 heterocycles. The molecule has 21 heavy (non-hydrogen) atoms. The van der Waals surface area contributed by atoms with Crippen molar-refractivity contribution in [3.63, 3.8) is 0 Å². The number of sulfonamides is 1. The molecule has 0 radical (unpaired) electrons. The van der Waals surface area contributed by atoms with Crippen LogP contribution in [0.25, 0.3) is 0 Å². The number of unbranched alkanes of at least 4 members (excludes halogenated alkanes) is 1. The summed E-state index contributed by atoms with van der Waals surface area (Å²) in [5.74, 6) is 0. The van der Waals surface area contributed by atoms with Crippen LogP contribution < -0.4 is 10.0 Å². The first-order chi connectivity index (χ1) is 10.1. The van der Waals surface area contributed by atoms with Gasteiger partial charge in [-0.2, -0.15) is 0 Å². The van der Waals surface area contributed by atoms with Crippen LogP contribution in [0.2, 0.25) is 0 Å². The van der Waals surface area contributed by atoms with Crippen molar-refractivity contribution in [3.05, 3.63) is 23.3 Å². The summed E-state index contributed by atoms with van der Waals surface area (Å²) in [6.45, 7) is 4.01. The predicted molar refractivity (Wildman–Crippen MR) is 84.3 cm³/mol. The smallest absolute Gasteiger partial charge is 0.240 e. The average Bonchev–Trinajstić information content (AvgIpc) is 2.47. The van der Waals surface area contributed by atoms with Gasteiger partial charge in [0.05, 0.1) is 4.90 Å². The minimum absolute atomic E-state index is 0.419. The van der Waals surface area contributed by atoms with E-state index in [9.17, 15) is 8.42 Å². The van der Waals surface area contributed by atoms with Crippen LogP contribution in [-0.2, 0) is 21.2 Å². The van der Waals surface area contributed by atoms with E-state index in [-0.39, 0.29) is 0 Å². The van der Waals surface area contributed by atoms with E-state index >= 15 is 0 Å². The van der Waals surface area contributed by atoms with Crippen LogP contribution in [0.4, 0.5) is 5.69 Å². The number of aryl methyl sites for hydroxylation is 1. The summed E-state index contributed by atoms with van der Waals surface area (Å²) in [6.07, 6.45) is 3.41. The molecule has 6 heteroatoms. The minimum atomic E-state index is -3.44. The van der Waals surface area contributed by atoms with Crippen LogP contribution in [0.1, 0.15) is 30.4 Å². The fourth-order valence-corrected chi connectivity index (χ4v) is 3.97. The van der Waals surface area contributed by atoms with E-state index in [2.05, 4.69) is 10.0 Å². The molecule has 0 saturated carbocycles. The predicted octanol–water partition coefficient (Wildman–Crippen LogP) is 2.06. The molecule has 1 aliphatic rings. The Morgan fingerprint density at radius 1 is 1.33 bits per heavy atom. The highest BCUT2D eigenvalue weighted by Gasteiger charge is 2.23. The van der Waals surface area contributed by atoms with Gasteiger partial charge in [-0.25, -0.2) is 13.1 Å². The van der Waals surface area contributed by atoms with Crippen molar-refractivity contribution in [1.29, 1.82) is 0 Å². The van der Waals surface area contributed by atoms with Gasteiger partial charge in [-0.3, -0.25) is 0 Å². The minimum Gasteiger partial charge on any atom is -0.385 e. The molecule has 0 bridgehead atoms. The average molecular weight is 312 g/mol. The van der Waals surface area contributed by atoms with E-state index in [4.69, 9.17) is 4.74 Å². The number of fused-ring (bicyclic) bond motifs is 1. The topological polar surface area (TPSA) is 67.4 Å². The van der Waals surface area contributed by atoms with Crippen molar-refractivity contribution in [1.82, 2.24) is 4.72 Å². The molecule has 0 saturated heterocycles. The van der Waals surface area contributed by atoms with Crippen LogP contribution in [0.3, 0.4) is 0 Å². The van der Waals surface area contributed by atoms with E-state index < -0.39 is 10.0 Å². The molecule has 2 N–H and O–H groups in total. The molecule has 1 aromatic rings. The number of benzene rings is 1. The second kappa shape index (κ2) is 7.24. The van der Waals surface area contributed by atoms with Gasteiger partial charge in [-0.05, 0) is 49.8 Å². The van der Waals surface area contributed by atoms with Gasteiger partial charge in [0, 0.05) is 32.5 Å². The van der Waals surface area contributed by atoms with E-state index in [1.807, 2.05) is 13.0 Å². The molecular weight excluding hydrogens is 288 g/mol. The largest absolute Gasteiger partial charge is 0.385 e. The lowest BCUT2D eigenvalue weighted by Gasteiger charge is -2.23. The van der Waals surface area contributed by atoms with Gasteiger partial charge in [0.2, 0.25) is 10.0 Å². The first-order valence-electron chi connectivity index (χ1n) is 7.41. The normalized spacial score (nSPS) is 14.6. The molecule has 0 fully saturated rings. The summed E-state index contributed by atoms with van der Waals surface area (Å²) in [5.41, 5.74) is 3.01. The first-order valence-corrected chi connectivity index (χ1v) is 8.89. The summed E-state index contributed by atoms with van der Waals surface area (Å²) in [5, 5.41) is 3.32. The third-order valence-electron chi connectivity index (χ3n) is 3.74. The van der Waals surface area contributed by atoms with Crippen molar-refractivity contribution < 1.29 is 13.2 Å². The Morgan fingerprint density at radius 2 is 2.14 bits per heavy atom. The number of nitrogens with one attached hydrogen (secondary N) is 2. The monoisotopic (exact) mass is 312 g/mol. The zero-order valence-electron chi connectivity index (χ0n) is 12.7. The van der Waals surface area contributed by atoms with E-state index in [0.717, 1.165) is 49.0 Å². The molecule has 0 unspecified atom stereocenters. The summed E-state index contributed by atoms with van der Waals surface area (Å²) < 4.78 is 32.6. The highest BCUT2D eigenvalue weighted by atomic mass is 32.2. The molecule has 0 amide bonds. The van der Waals surface area contributed by atoms with E-state index in [1.165, 1.54) is 0 Å². The van der Waals surface area contributed by atoms with Gasteiger partial charge in [0.1, 0.15) is 0 Å². The second-order valence-corrected chi connectivity index (χ2v) is 7.10. The maximum absolute atomic E-state index is 12.5. The lowest BCUT2D eigenvalue weighted by Crippen LogP contribution is -2.27. The number of ether oxygens (including phenoxy) is 1. The molecule has 5 nitrogen and oxygen atoms in total. The van der Waals surface area contributed by atoms with E-state index in [0.29, 0.717) is 18.0 Å². The summed E-state index contributed by atoms with van der Waals surface area (Å²) in [4.78, 5) is 0.419. The molecule has 2 rings (SSSR count). The molecule has 118 valence electrons. The van der Waals surface area contributed by atoms with Crippen molar-refractivity contribution in [3.8, 4) is 0 Å². The van der Waals surface area contributed by atoms with Crippen molar-refractivity contribution >= 4 is 15.7 Å². The third kappa shape index (κ3) is 3.96. The number of hydrogen-bond acceptors (Lipinski definition) is 4. The van der Waals surface area contributed by atoms with Crippen molar-refractivity contribution in [2.75, 3.05) is 32.1 Å². The van der Waals surface area contributed by atoms with Crippen LogP contribution in [0.5, 0.6) is 0 Å². The van der Waals surface area contributed by atoms with Crippen LogP contribution >= 0.6 is 0 Å². The molecule has 0 atom stereocenters. The van der Waals surface area contributed by atoms with Gasteiger partial charge in [-0.15, -0.1) is 0 Å². The molecule has 0 aromatic heterocycles. The maximum atomic E-state index is 12.5. The van der Waals surface area contributed by atoms with Crippen LogP contribution in [0, 0.1) is 6.92 Å². The Bertz CT molecular complexity index is 585. The Morgan fingerprint density at radius 3 is 2.90 bits per heavy atom. The molecule has 1 aliphatic heterocycles. The zero-order valence-corrected chi connectivity index (χ0v) is 13.6. The Balaban J connectivity index is 2.13. The fraction of sp³-hybridized carbons (Fsp3) is 0.600. The number of rotatable bonds is 7. The first kappa shape index (κ1) is 16.3. The number of methoxy groups -OCH3 is 1.